The minimum Gasteiger partial charge on any atom is -0.481 e. The fourth-order valence-electron chi connectivity index (χ4n) is 4.23. The number of carbonyl (C=O) groups is 2. The molecule has 2 atom stereocenters. The van der Waals surface area contributed by atoms with Crippen LogP contribution in [-0.4, -0.2) is 27.9 Å². The average molecular weight is 347 g/mol. The molecule has 0 radical (unpaired) electrons. The summed E-state index contributed by atoms with van der Waals surface area (Å²) >= 11 is 0. The standard InChI is InChI=1S/C20H26FNO3/c21-17-10-6-14(7-11-17)13-22(18-4-2-1-3-5-18)19(23)15-8-9-16(12-15)20(24)25/h6-7,10-11,15-16,18H,1-5,8-9,12-13H2,(H,24,25)/t15-,16+/m0/s1. The van der Waals surface area contributed by atoms with Gasteiger partial charge in [0.1, 0.15) is 5.82 Å². The third kappa shape index (κ3) is 4.39. The van der Waals surface area contributed by atoms with Crippen molar-refractivity contribution in [3.05, 3.63) is 35.6 Å². The molecule has 1 aromatic carbocycles. The number of carbonyl (C=O) groups excluding carboxylic acids is 1. The number of rotatable bonds is 5. The highest BCUT2D eigenvalue weighted by Gasteiger charge is 2.37. The first-order chi connectivity index (χ1) is 12.0. The van der Waals surface area contributed by atoms with Gasteiger partial charge >= 0.3 is 5.97 Å². The minimum atomic E-state index is -0.793. The highest BCUT2D eigenvalue weighted by Crippen LogP contribution is 2.34. The summed E-state index contributed by atoms with van der Waals surface area (Å²) in [7, 11) is 0. The van der Waals surface area contributed by atoms with Gasteiger partial charge in [0.25, 0.3) is 0 Å². The van der Waals surface area contributed by atoms with Crippen molar-refractivity contribution < 1.29 is 19.1 Å². The van der Waals surface area contributed by atoms with Gasteiger partial charge in [-0.05, 0) is 49.8 Å². The third-order valence-corrected chi connectivity index (χ3v) is 5.70. The molecule has 5 heteroatoms. The predicted molar refractivity (Wildman–Crippen MR) is 92.3 cm³/mol. The summed E-state index contributed by atoms with van der Waals surface area (Å²) in [5, 5.41) is 9.20. The molecule has 2 saturated carbocycles. The van der Waals surface area contributed by atoms with Crippen LogP contribution in [0.3, 0.4) is 0 Å². The third-order valence-electron chi connectivity index (χ3n) is 5.70. The Morgan fingerprint density at radius 3 is 2.24 bits per heavy atom. The molecular weight excluding hydrogens is 321 g/mol. The van der Waals surface area contributed by atoms with E-state index in [1.165, 1.54) is 18.6 Å². The van der Waals surface area contributed by atoms with Gasteiger partial charge in [-0.25, -0.2) is 4.39 Å². The molecule has 0 unspecified atom stereocenters. The van der Waals surface area contributed by atoms with E-state index >= 15 is 0 Å². The lowest BCUT2D eigenvalue weighted by Crippen LogP contribution is -2.43. The topological polar surface area (TPSA) is 57.6 Å². The van der Waals surface area contributed by atoms with Crippen molar-refractivity contribution in [2.75, 3.05) is 0 Å². The normalized spacial score (nSPS) is 24.2. The second-order valence-electron chi connectivity index (χ2n) is 7.43. The van der Waals surface area contributed by atoms with Crippen LogP contribution in [0.1, 0.15) is 56.9 Å². The quantitative estimate of drug-likeness (QED) is 0.876. The zero-order valence-electron chi connectivity index (χ0n) is 14.5. The van der Waals surface area contributed by atoms with Crippen LogP contribution in [0, 0.1) is 17.7 Å². The molecule has 1 N–H and O–H groups in total. The molecule has 2 aliphatic carbocycles. The molecule has 0 bridgehead atoms. The Kier molecular flexibility index (Phi) is 5.71. The van der Waals surface area contributed by atoms with Crippen molar-refractivity contribution in [2.45, 2.75) is 64.0 Å². The van der Waals surface area contributed by atoms with E-state index in [9.17, 15) is 19.1 Å². The SMILES string of the molecule is O=C(O)[C@@H]1CC[C@H](C(=O)N(Cc2ccc(F)cc2)C2CCCCC2)C1. The lowest BCUT2D eigenvalue weighted by atomic mass is 9.92. The van der Waals surface area contributed by atoms with E-state index in [0.717, 1.165) is 31.2 Å². The molecule has 0 aliphatic heterocycles. The van der Waals surface area contributed by atoms with E-state index in [1.807, 2.05) is 4.90 Å². The van der Waals surface area contributed by atoms with Gasteiger partial charge in [-0.3, -0.25) is 9.59 Å². The van der Waals surface area contributed by atoms with Crippen molar-refractivity contribution in [2.24, 2.45) is 11.8 Å². The van der Waals surface area contributed by atoms with Crippen LogP contribution in [0.4, 0.5) is 4.39 Å². The highest BCUT2D eigenvalue weighted by molar-refractivity contribution is 5.81. The Morgan fingerprint density at radius 1 is 1.00 bits per heavy atom. The molecule has 0 aromatic heterocycles. The number of carboxylic acids is 1. The molecule has 25 heavy (non-hydrogen) atoms. The molecule has 0 heterocycles. The summed E-state index contributed by atoms with van der Waals surface area (Å²) < 4.78 is 13.2. The Balaban J connectivity index is 1.74. The molecule has 2 aliphatic rings. The first-order valence-electron chi connectivity index (χ1n) is 9.32. The summed E-state index contributed by atoms with van der Waals surface area (Å²) in [5.74, 6) is -1.58. The van der Waals surface area contributed by atoms with Crippen LogP contribution in [-0.2, 0) is 16.1 Å². The van der Waals surface area contributed by atoms with E-state index < -0.39 is 11.9 Å². The van der Waals surface area contributed by atoms with Gasteiger partial charge in [-0.2, -0.15) is 0 Å². The smallest absolute Gasteiger partial charge is 0.306 e. The zero-order valence-corrected chi connectivity index (χ0v) is 14.5. The fourth-order valence-corrected chi connectivity index (χ4v) is 4.23. The number of benzene rings is 1. The Bertz CT molecular complexity index is 610. The van der Waals surface area contributed by atoms with Gasteiger partial charge in [0, 0.05) is 18.5 Å². The predicted octanol–water partition coefficient (Wildman–Crippen LogP) is 3.99. The van der Waals surface area contributed by atoms with Crippen LogP contribution in [0.25, 0.3) is 0 Å². The van der Waals surface area contributed by atoms with Crippen molar-refractivity contribution in [3.8, 4) is 0 Å². The van der Waals surface area contributed by atoms with Crippen LogP contribution in [0.2, 0.25) is 0 Å². The molecule has 2 fully saturated rings. The lowest BCUT2D eigenvalue weighted by Gasteiger charge is -2.36. The molecular formula is C20H26FNO3. The molecule has 4 nitrogen and oxygen atoms in total. The van der Waals surface area contributed by atoms with Gasteiger partial charge in [0.05, 0.1) is 5.92 Å². The van der Waals surface area contributed by atoms with Crippen LogP contribution < -0.4 is 0 Å². The Labute approximate surface area is 148 Å². The van der Waals surface area contributed by atoms with E-state index in [2.05, 4.69) is 0 Å². The zero-order chi connectivity index (χ0) is 17.8. The van der Waals surface area contributed by atoms with Crippen molar-refractivity contribution in [3.63, 3.8) is 0 Å². The fraction of sp³-hybridized carbons (Fsp3) is 0.600. The minimum absolute atomic E-state index is 0.0833. The summed E-state index contributed by atoms with van der Waals surface area (Å²) in [4.78, 5) is 26.3. The second-order valence-corrected chi connectivity index (χ2v) is 7.43. The molecule has 1 aromatic rings. The van der Waals surface area contributed by atoms with Crippen molar-refractivity contribution >= 4 is 11.9 Å². The number of carboxylic acid groups (broad SMARTS) is 1. The number of nitrogens with zero attached hydrogens (tertiary/aromatic N) is 1. The largest absolute Gasteiger partial charge is 0.481 e. The number of halogens is 1. The van der Waals surface area contributed by atoms with E-state index in [0.29, 0.717) is 25.8 Å². The number of hydrogen-bond donors (Lipinski definition) is 1. The van der Waals surface area contributed by atoms with E-state index in [4.69, 9.17) is 0 Å². The molecule has 1 amide bonds. The molecule has 0 spiro atoms. The van der Waals surface area contributed by atoms with Gasteiger partial charge in [0.15, 0.2) is 0 Å². The van der Waals surface area contributed by atoms with E-state index in [-0.39, 0.29) is 23.7 Å². The second kappa shape index (κ2) is 7.98. The van der Waals surface area contributed by atoms with Gasteiger partial charge in [-0.15, -0.1) is 0 Å². The number of amides is 1. The summed E-state index contributed by atoms with van der Waals surface area (Å²) in [6, 6.07) is 6.53. The average Bonchev–Trinajstić information content (AvgIpc) is 3.12. The maximum absolute atomic E-state index is 13.2. The van der Waals surface area contributed by atoms with Crippen LogP contribution in [0.15, 0.2) is 24.3 Å². The summed E-state index contributed by atoms with van der Waals surface area (Å²) in [5.41, 5.74) is 0.924. The van der Waals surface area contributed by atoms with Crippen molar-refractivity contribution in [1.29, 1.82) is 0 Å². The van der Waals surface area contributed by atoms with Crippen LogP contribution >= 0.6 is 0 Å². The Hall–Kier alpha value is -1.91. The lowest BCUT2D eigenvalue weighted by molar-refractivity contribution is -0.142. The first kappa shape index (κ1) is 17.9. The molecule has 0 saturated heterocycles. The number of aliphatic carboxylic acids is 1. The maximum atomic E-state index is 13.2. The van der Waals surface area contributed by atoms with E-state index in [1.54, 1.807) is 12.1 Å². The Morgan fingerprint density at radius 2 is 1.64 bits per heavy atom. The maximum Gasteiger partial charge on any atom is 0.306 e. The highest BCUT2D eigenvalue weighted by atomic mass is 19.1. The molecule has 3 rings (SSSR count). The van der Waals surface area contributed by atoms with Gasteiger partial charge in [-0.1, -0.05) is 31.4 Å². The van der Waals surface area contributed by atoms with Gasteiger partial charge < -0.3 is 10.0 Å². The van der Waals surface area contributed by atoms with Crippen molar-refractivity contribution in [1.82, 2.24) is 4.90 Å². The van der Waals surface area contributed by atoms with Crippen LogP contribution in [0.5, 0.6) is 0 Å². The summed E-state index contributed by atoms with van der Waals surface area (Å²) in [6.07, 6.45) is 7.15. The van der Waals surface area contributed by atoms with Gasteiger partial charge in [0.2, 0.25) is 5.91 Å². The first-order valence-corrected chi connectivity index (χ1v) is 9.32. The number of hydrogen-bond acceptors (Lipinski definition) is 2. The molecule has 136 valence electrons. The summed E-state index contributed by atoms with van der Waals surface area (Å²) in [6.45, 7) is 0.484. The monoisotopic (exact) mass is 347 g/mol.